The van der Waals surface area contributed by atoms with E-state index in [4.69, 9.17) is 4.74 Å². The van der Waals surface area contributed by atoms with Crippen molar-refractivity contribution in [3.05, 3.63) is 65.2 Å². The van der Waals surface area contributed by atoms with Crippen molar-refractivity contribution in [1.29, 1.82) is 0 Å². The van der Waals surface area contributed by atoms with E-state index >= 15 is 0 Å². The molecule has 0 aromatic heterocycles. The average Bonchev–Trinajstić information content (AvgIpc) is 3.14. The Labute approximate surface area is 191 Å². The highest BCUT2D eigenvalue weighted by Gasteiger charge is 2.32. The Bertz CT molecular complexity index is 1010. The number of esters is 1. The molecule has 1 saturated heterocycles. The van der Waals surface area contributed by atoms with E-state index in [9.17, 15) is 19.2 Å². The smallest absolute Gasteiger partial charge is 0.338 e. The summed E-state index contributed by atoms with van der Waals surface area (Å²) in [6, 6.07) is 14.2. The number of carbonyl (C=O) groups is 4. The van der Waals surface area contributed by atoms with Gasteiger partial charge in [-0.15, -0.1) is 0 Å². The molecule has 1 aliphatic heterocycles. The van der Waals surface area contributed by atoms with Gasteiger partial charge in [0.25, 0.3) is 5.24 Å². The second-order valence-corrected chi connectivity index (χ2v) is 8.45. The van der Waals surface area contributed by atoms with Crippen LogP contribution in [0.25, 0.3) is 0 Å². The maximum absolute atomic E-state index is 13.0. The number of hydrogen-bond acceptors (Lipinski definition) is 6. The van der Waals surface area contributed by atoms with Crippen LogP contribution in [-0.2, 0) is 20.9 Å². The van der Waals surface area contributed by atoms with E-state index in [0.717, 1.165) is 35.7 Å². The zero-order valence-electron chi connectivity index (χ0n) is 18.1. The Morgan fingerprint density at radius 3 is 2.47 bits per heavy atom. The van der Waals surface area contributed by atoms with Crippen molar-refractivity contribution < 1.29 is 23.9 Å². The SMILES string of the molecule is CCCCC(=O)N(Cc1ccc(C2SC(=O)NC2=O)cc1)c1cccc(C(=O)OCC)c1. The first-order valence-corrected chi connectivity index (χ1v) is 11.5. The molecule has 8 heteroatoms. The number of amides is 3. The van der Waals surface area contributed by atoms with Crippen LogP contribution in [0.4, 0.5) is 10.5 Å². The maximum atomic E-state index is 13.0. The molecule has 7 nitrogen and oxygen atoms in total. The second-order valence-electron chi connectivity index (χ2n) is 7.37. The predicted octanol–water partition coefficient (Wildman–Crippen LogP) is 4.61. The van der Waals surface area contributed by atoms with Gasteiger partial charge in [-0.3, -0.25) is 19.7 Å². The van der Waals surface area contributed by atoms with E-state index < -0.39 is 11.2 Å². The lowest BCUT2D eigenvalue weighted by molar-refractivity contribution is -0.119. The van der Waals surface area contributed by atoms with E-state index in [1.54, 1.807) is 48.2 Å². The molecule has 1 unspecified atom stereocenters. The molecule has 0 aliphatic carbocycles. The molecule has 0 spiro atoms. The van der Waals surface area contributed by atoms with Crippen LogP contribution in [0.5, 0.6) is 0 Å². The highest BCUT2D eigenvalue weighted by molar-refractivity contribution is 8.15. The first-order valence-electron chi connectivity index (χ1n) is 10.6. The molecule has 2 aromatic rings. The lowest BCUT2D eigenvalue weighted by Gasteiger charge is -2.24. The summed E-state index contributed by atoms with van der Waals surface area (Å²) >= 11 is 0.958. The summed E-state index contributed by atoms with van der Waals surface area (Å²) in [5, 5.41) is 1.38. The van der Waals surface area contributed by atoms with E-state index in [2.05, 4.69) is 5.32 Å². The minimum absolute atomic E-state index is 0.0340. The van der Waals surface area contributed by atoms with Gasteiger partial charge >= 0.3 is 5.97 Å². The molecule has 1 heterocycles. The van der Waals surface area contributed by atoms with Gasteiger partial charge in [-0.05, 0) is 54.4 Å². The molecular weight excluding hydrogens is 428 g/mol. The third-order valence-electron chi connectivity index (χ3n) is 5.03. The molecule has 0 radical (unpaired) electrons. The Morgan fingerprint density at radius 2 is 1.84 bits per heavy atom. The van der Waals surface area contributed by atoms with Crippen LogP contribution < -0.4 is 10.2 Å². The van der Waals surface area contributed by atoms with Crippen LogP contribution in [0, 0.1) is 0 Å². The lowest BCUT2D eigenvalue weighted by Crippen LogP contribution is -2.30. The lowest BCUT2D eigenvalue weighted by atomic mass is 10.1. The van der Waals surface area contributed by atoms with Crippen LogP contribution in [0.2, 0.25) is 0 Å². The van der Waals surface area contributed by atoms with Gasteiger partial charge in [-0.1, -0.05) is 43.7 Å². The largest absolute Gasteiger partial charge is 0.462 e. The molecular formula is C24H26N2O5S. The topological polar surface area (TPSA) is 92.8 Å². The highest BCUT2D eigenvalue weighted by atomic mass is 32.2. The van der Waals surface area contributed by atoms with Gasteiger partial charge in [0.15, 0.2) is 0 Å². The number of imide groups is 1. The van der Waals surface area contributed by atoms with Gasteiger partial charge in [0.05, 0.1) is 18.7 Å². The van der Waals surface area contributed by atoms with E-state index in [0.29, 0.717) is 24.2 Å². The monoisotopic (exact) mass is 454 g/mol. The van der Waals surface area contributed by atoms with Crippen LogP contribution >= 0.6 is 11.8 Å². The minimum Gasteiger partial charge on any atom is -0.462 e. The van der Waals surface area contributed by atoms with Gasteiger partial charge in [0.1, 0.15) is 5.25 Å². The van der Waals surface area contributed by atoms with Crippen molar-refractivity contribution in [3.8, 4) is 0 Å². The molecule has 1 aliphatic rings. The summed E-state index contributed by atoms with van der Waals surface area (Å²) in [6.45, 7) is 4.37. The summed E-state index contributed by atoms with van der Waals surface area (Å²) in [4.78, 5) is 50.1. The van der Waals surface area contributed by atoms with Crippen molar-refractivity contribution in [3.63, 3.8) is 0 Å². The zero-order chi connectivity index (χ0) is 23.1. The molecule has 3 amide bonds. The van der Waals surface area contributed by atoms with Crippen LogP contribution in [0.1, 0.15) is 59.8 Å². The summed E-state index contributed by atoms with van der Waals surface area (Å²) < 4.78 is 5.08. The fraction of sp³-hybridized carbons (Fsp3) is 0.333. The van der Waals surface area contributed by atoms with Crippen molar-refractivity contribution in [1.82, 2.24) is 5.32 Å². The number of thioether (sulfide) groups is 1. The number of nitrogens with one attached hydrogen (secondary N) is 1. The number of ether oxygens (including phenoxy) is 1. The first-order chi connectivity index (χ1) is 15.4. The predicted molar refractivity (Wildman–Crippen MR) is 123 cm³/mol. The average molecular weight is 455 g/mol. The second kappa shape index (κ2) is 10.9. The fourth-order valence-corrected chi connectivity index (χ4v) is 4.19. The van der Waals surface area contributed by atoms with Crippen LogP contribution in [-0.4, -0.2) is 29.6 Å². The van der Waals surface area contributed by atoms with Crippen molar-refractivity contribution in [2.24, 2.45) is 0 Å². The number of rotatable bonds is 9. The Hall–Kier alpha value is -3.13. The van der Waals surface area contributed by atoms with Gasteiger partial charge in [0, 0.05) is 12.1 Å². The fourth-order valence-electron chi connectivity index (χ4n) is 3.36. The number of benzene rings is 2. The first kappa shape index (κ1) is 23.5. The molecule has 168 valence electrons. The van der Waals surface area contributed by atoms with E-state index in [1.807, 2.05) is 19.1 Å². The van der Waals surface area contributed by atoms with Crippen molar-refractivity contribution in [2.75, 3.05) is 11.5 Å². The normalized spacial score (nSPS) is 15.4. The van der Waals surface area contributed by atoms with Gasteiger partial charge in [0.2, 0.25) is 11.8 Å². The van der Waals surface area contributed by atoms with Crippen molar-refractivity contribution >= 4 is 40.5 Å². The number of hydrogen-bond donors (Lipinski definition) is 1. The standard InChI is InChI=1S/C24H26N2O5S/c1-3-5-9-20(27)26(19-8-6-7-18(14-19)23(29)31-4-2)15-16-10-12-17(13-11-16)21-22(28)25-24(30)32-21/h6-8,10-14,21H,3-5,9,15H2,1-2H3,(H,25,28,30). The highest BCUT2D eigenvalue weighted by Crippen LogP contribution is 2.34. The minimum atomic E-state index is -0.555. The van der Waals surface area contributed by atoms with Gasteiger partial charge in [-0.25, -0.2) is 4.79 Å². The quantitative estimate of drug-likeness (QED) is 0.556. The third kappa shape index (κ3) is 5.76. The van der Waals surface area contributed by atoms with Crippen LogP contribution in [0.15, 0.2) is 48.5 Å². The number of anilines is 1. The Kier molecular flexibility index (Phi) is 8.05. The summed E-state index contributed by atoms with van der Waals surface area (Å²) in [6.07, 6.45) is 2.07. The summed E-state index contributed by atoms with van der Waals surface area (Å²) in [7, 11) is 0. The molecule has 1 N–H and O–H groups in total. The molecule has 2 aromatic carbocycles. The third-order valence-corrected chi connectivity index (χ3v) is 6.06. The molecule has 1 fully saturated rings. The number of unbranched alkanes of at least 4 members (excludes halogenated alkanes) is 1. The van der Waals surface area contributed by atoms with Gasteiger partial charge < -0.3 is 9.64 Å². The molecule has 3 rings (SSSR count). The van der Waals surface area contributed by atoms with Crippen molar-refractivity contribution in [2.45, 2.75) is 44.9 Å². The zero-order valence-corrected chi connectivity index (χ0v) is 18.9. The molecule has 0 bridgehead atoms. The molecule has 0 saturated carbocycles. The van der Waals surface area contributed by atoms with E-state index in [1.165, 1.54) is 0 Å². The summed E-state index contributed by atoms with van der Waals surface area (Å²) in [5.41, 5.74) is 2.61. The number of nitrogens with zero attached hydrogens (tertiary/aromatic N) is 1. The Morgan fingerprint density at radius 1 is 1.09 bits per heavy atom. The number of carbonyl (C=O) groups excluding carboxylic acids is 4. The maximum Gasteiger partial charge on any atom is 0.338 e. The Balaban J connectivity index is 1.83. The van der Waals surface area contributed by atoms with Crippen LogP contribution in [0.3, 0.4) is 0 Å². The molecule has 32 heavy (non-hydrogen) atoms. The summed E-state index contributed by atoms with van der Waals surface area (Å²) in [5.74, 6) is -0.783. The molecule has 1 atom stereocenters. The van der Waals surface area contributed by atoms with Gasteiger partial charge in [-0.2, -0.15) is 0 Å². The van der Waals surface area contributed by atoms with E-state index in [-0.39, 0.29) is 23.7 Å².